The average Bonchev–Trinajstić information content (AvgIpc) is 2.77. The van der Waals surface area contributed by atoms with Gasteiger partial charge >= 0.3 is 0 Å². The van der Waals surface area contributed by atoms with Crippen molar-refractivity contribution in [2.45, 2.75) is 25.4 Å². The Hall–Kier alpha value is -3.52. The summed E-state index contributed by atoms with van der Waals surface area (Å²) in [5.41, 5.74) is 21.1. The maximum absolute atomic E-state index is 6.25. The number of anilines is 3. The number of nitrogens with two attached hydrogens (primary N) is 3. The van der Waals surface area contributed by atoms with Crippen molar-refractivity contribution in [3.8, 4) is 11.5 Å². The lowest BCUT2D eigenvalue weighted by molar-refractivity contribution is 0.0771. The molecular formula is C23H29N5O3. The minimum absolute atomic E-state index is 0.121. The van der Waals surface area contributed by atoms with E-state index >= 15 is 0 Å². The van der Waals surface area contributed by atoms with E-state index in [4.69, 9.17) is 31.4 Å². The van der Waals surface area contributed by atoms with Crippen molar-refractivity contribution in [2.24, 2.45) is 0 Å². The fraction of sp³-hybridized carbons (Fsp3) is 0.304. The molecule has 3 rings (SSSR count). The van der Waals surface area contributed by atoms with Crippen LogP contribution >= 0.6 is 0 Å². The molecule has 31 heavy (non-hydrogen) atoms. The fourth-order valence-electron chi connectivity index (χ4n) is 3.32. The van der Waals surface area contributed by atoms with E-state index in [2.05, 4.69) is 22.1 Å². The van der Waals surface area contributed by atoms with Crippen LogP contribution < -0.4 is 26.7 Å². The van der Waals surface area contributed by atoms with Crippen molar-refractivity contribution >= 4 is 17.5 Å². The van der Waals surface area contributed by atoms with Gasteiger partial charge in [-0.2, -0.15) is 4.98 Å². The first-order chi connectivity index (χ1) is 15.0. The molecule has 1 unspecified atom stereocenters. The topological polar surface area (TPSA) is 132 Å². The van der Waals surface area contributed by atoms with Crippen LogP contribution in [0.5, 0.6) is 11.5 Å². The molecule has 0 radical (unpaired) electrons. The highest BCUT2D eigenvalue weighted by molar-refractivity contribution is 5.50. The zero-order chi connectivity index (χ0) is 22.2. The van der Waals surface area contributed by atoms with Crippen LogP contribution in [0, 0.1) is 0 Å². The Morgan fingerprint density at radius 2 is 1.65 bits per heavy atom. The summed E-state index contributed by atoms with van der Waals surface area (Å²) in [5, 5.41) is 0. The van der Waals surface area contributed by atoms with E-state index in [9.17, 15) is 0 Å². The van der Waals surface area contributed by atoms with Crippen molar-refractivity contribution in [2.75, 3.05) is 38.0 Å². The van der Waals surface area contributed by atoms with E-state index in [1.54, 1.807) is 20.4 Å². The Labute approximate surface area is 182 Å². The highest BCUT2D eigenvalue weighted by Gasteiger charge is 2.21. The lowest BCUT2D eigenvalue weighted by Gasteiger charge is -2.21. The quantitative estimate of drug-likeness (QED) is 0.334. The zero-order valence-corrected chi connectivity index (χ0v) is 17.9. The van der Waals surface area contributed by atoms with Gasteiger partial charge in [-0.1, -0.05) is 18.2 Å². The summed E-state index contributed by atoms with van der Waals surface area (Å²) in [6, 6.07) is 13.6. The minimum atomic E-state index is -0.461. The molecular weight excluding hydrogens is 394 g/mol. The highest BCUT2D eigenvalue weighted by Crippen LogP contribution is 2.35. The molecule has 2 aromatic carbocycles. The van der Waals surface area contributed by atoms with E-state index in [1.807, 2.05) is 30.3 Å². The molecule has 0 saturated heterocycles. The molecule has 0 aliphatic rings. The number of methoxy groups -OCH3 is 2. The first-order valence-electron chi connectivity index (χ1n) is 10.1. The first-order valence-corrected chi connectivity index (χ1v) is 10.1. The molecule has 8 heteroatoms. The molecule has 1 atom stereocenters. The molecule has 1 heterocycles. The molecule has 0 bridgehead atoms. The van der Waals surface area contributed by atoms with Crippen molar-refractivity contribution in [1.82, 2.24) is 9.97 Å². The van der Waals surface area contributed by atoms with Crippen molar-refractivity contribution in [3.63, 3.8) is 0 Å². The Kier molecular flexibility index (Phi) is 7.50. The fourth-order valence-corrected chi connectivity index (χ4v) is 3.32. The summed E-state index contributed by atoms with van der Waals surface area (Å²) in [6.45, 7) is 0.539. The molecule has 0 aliphatic heterocycles. The first kappa shape index (κ1) is 22.2. The number of hydrogen-bond donors (Lipinski definition) is 3. The number of nitrogens with zero attached hydrogens (tertiary/aromatic N) is 2. The number of benzene rings is 2. The molecule has 3 aromatic rings. The van der Waals surface area contributed by atoms with Crippen molar-refractivity contribution < 1.29 is 14.2 Å². The van der Waals surface area contributed by atoms with Gasteiger partial charge in [0.1, 0.15) is 11.9 Å². The molecule has 164 valence electrons. The Balaban J connectivity index is 1.72. The van der Waals surface area contributed by atoms with Gasteiger partial charge in [0.2, 0.25) is 5.95 Å². The van der Waals surface area contributed by atoms with Gasteiger partial charge in [0.15, 0.2) is 11.5 Å². The van der Waals surface area contributed by atoms with Crippen LogP contribution in [0.4, 0.5) is 17.5 Å². The second-order valence-corrected chi connectivity index (χ2v) is 7.13. The van der Waals surface area contributed by atoms with E-state index in [0.717, 1.165) is 30.5 Å². The van der Waals surface area contributed by atoms with Gasteiger partial charge in [-0.3, -0.25) is 0 Å². The summed E-state index contributed by atoms with van der Waals surface area (Å²) in [7, 11) is 3.19. The van der Waals surface area contributed by atoms with Crippen LogP contribution in [0.2, 0.25) is 0 Å². The molecule has 8 nitrogen and oxygen atoms in total. The number of ether oxygens (including phenoxy) is 3. The number of unbranched alkanes of at least 4 members (excludes halogenated alkanes) is 1. The average molecular weight is 424 g/mol. The number of aryl methyl sites for hydroxylation is 1. The van der Waals surface area contributed by atoms with Gasteiger partial charge in [-0.15, -0.1) is 0 Å². The van der Waals surface area contributed by atoms with E-state index in [1.165, 1.54) is 5.56 Å². The van der Waals surface area contributed by atoms with Crippen molar-refractivity contribution in [1.29, 1.82) is 0 Å². The Bertz CT molecular complexity index is 995. The lowest BCUT2D eigenvalue weighted by atomic mass is 10.0. The summed E-state index contributed by atoms with van der Waals surface area (Å²) >= 11 is 0. The SMILES string of the molecule is COc1ccc(C(OCCCCc2ccc(N)cc2)c2cnc(N)nc2N)cc1OC. The number of aromatic nitrogens is 2. The Morgan fingerprint density at radius 1 is 0.903 bits per heavy atom. The molecule has 1 aromatic heterocycles. The zero-order valence-electron chi connectivity index (χ0n) is 17.9. The van der Waals surface area contributed by atoms with E-state index in [-0.39, 0.29) is 11.8 Å². The number of rotatable bonds is 10. The summed E-state index contributed by atoms with van der Waals surface area (Å²) in [6.07, 6.45) is 3.96. The highest BCUT2D eigenvalue weighted by atomic mass is 16.5. The predicted molar refractivity (Wildman–Crippen MR) is 122 cm³/mol. The third kappa shape index (κ3) is 5.76. The van der Waals surface area contributed by atoms with Crippen molar-refractivity contribution in [3.05, 3.63) is 65.4 Å². The summed E-state index contributed by atoms with van der Waals surface area (Å²) in [5.74, 6) is 1.65. The van der Waals surface area contributed by atoms with E-state index < -0.39 is 6.10 Å². The van der Waals surface area contributed by atoms with Crippen LogP contribution in [0.15, 0.2) is 48.7 Å². The monoisotopic (exact) mass is 423 g/mol. The van der Waals surface area contributed by atoms with Crippen LogP contribution in [0.3, 0.4) is 0 Å². The summed E-state index contributed by atoms with van der Waals surface area (Å²) < 4.78 is 17.0. The van der Waals surface area contributed by atoms with Crippen LogP contribution in [-0.2, 0) is 11.2 Å². The maximum Gasteiger partial charge on any atom is 0.221 e. The molecule has 0 amide bonds. The van der Waals surface area contributed by atoms with Gasteiger partial charge < -0.3 is 31.4 Å². The second kappa shape index (κ2) is 10.5. The van der Waals surface area contributed by atoms with Crippen LogP contribution in [-0.4, -0.2) is 30.8 Å². The van der Waals surface area contributed by atoms with Gasteiger partial charge in [-0.05, 0) is 54.7 Å². The third-order valence-electron chi connectivity index (χ3n) is 4.98. The standard InChI is InChI=1S/C23H29N5O3/c1-29-19-11-8-16(13-20(19)30-2)21(18-14-27-23(26)28-22(18)25)31-12-4-3-5-15-6-9-17(24)10-7-15/h6-11,13-14,21H,3-5,12,24H2,1-2H3,(H4,25,26,27,28). The number of nitrogen functional groups attached to an aromatic ring is 3. The normalized spacial score (nSPS) is 11.8. The largest absolute Gasteiger partial charge is 0.493 e. The van der Waals surface area contributed by atoms with Gasteiger partial charge in [-0.25, -0.2) is 4.98 Å². The van der Waals surface area contributed by atoms with Crippen LogP contribution in [0.25, 0.3) is 0 Å². The third-order valence-corrected chi connectivity index (χ3v) is 4.98. The molecule has 0 fully saturated rings. The van der Waals surface area contributed by atoms with Gasteiger partial charge in [0.25, 0.3) is 0 Å². The maximum atomic E-state index is 6.25. The molecule has 0 saturated carbocycles. The lowest BCUT2D eigenvalue weighted by Crippen LogP contribution is -2.13. The molecule has 0 aliphatic carbocycles. The Morgan fingerprint density at radius 3 is 2.32 bits per heavy atom. The van der Waals surface area contributed by atoms with Crippen LogP contribution in [0.1, 0.15) is 35.6 Å². The van der Waals surface area contributed by atoms with Gasteiger partial charge in [0, 0.05) is 24.1 Å². The smallest absolute Gasteiger partial charge is 0.221 e. The molecule has 0 spiro atoms. The van der Waals surface area contributed by atoms with E-state index in [0.29, 0.717) is 23.7 Å². The number of hydrogen-bond acceptors (Lipinski definition) is 8. The minimum Gasteiger partial charge on any atom is -0.493 e. The second-order valence-electron chi connectivity index (χ2n) is 7.13. The summed E-state index contributed by atoms with van der Waals surface area (Å²) in [4.78, 5) is 8.18. The predicted octanol–water partition coefficient (Wildman–Crippen LogP) is 3.37. The van der Waals surface area contributed by atoms with Gasteiger partial charge in [0.05, 0.1) is 14.2 Å². The molecule has 6 N–H and O–H groups in total.